The summed E-state index contributed by atoms with van der Waals surface area (Å²) in [6.07, 6.45) is 2.70. The van der Waals surface area contributed by atoms with Crippen molar-refractivity contribution >= 4 is 16.8 Å². The van der Waals surface area contributed by atoms with Crippen LogP contribution < -0.4 is 15.5 Å². The van der Waals surface area contributed by atoms with E-state index in [-0.39, 0.29) is 24.2 Å². The van der Waals surface area contributed by atoms with E-state index in [2.05, 4.69) is 5.32 Å². The van der Waals surface area contributed by atoms with Gasteiger partial charge in [0.15, 0.2) is 0 Å². The molecule has 0 atom stereocenters. The van der Waals surface area contributed by atoms with Gasteiger partial charge in [0, 0.05) is 12.7 Å². The largest absolute Gasteiger partial charge is 0.497 e. The molecule has 31 heavy (non-hydrogen) atoms. The number of pyridine rings is 1. The third-order valence-corrected chi connectivity index (χ3v) is 4.88. The molecule has 2 heterocycles. The summed E-state index contributed by atoms with van der Waals surface area (Å²) < 4.78 is 40.8. The summed E-state index contributed by atoms with van der Waals surface area (Å²) in [4.78, 5) is 25.6. The van der Waals surface area contributed by atoms with Crippen LogP contribution in [0.3, 0.4) is 0 Å². The van der Waals surface area contributed by atoms with Crippen LogP contribution in [0.5, 0.6) is 5.75 Å². The number of carbonyl (C=O) groups excluding carboxylic acids is 1. The van der Waals surface area contributed by atoms with E-state index in [0.29, 0.717) is 11.5 Å². The fourth-order valence-corrected chi connectivity index (χ4v) is 3.34. The molecule has 0 unspecified atom stereocenters. The van der Waals surface area contributed by atoms with E-state index in [1.807, 2.05) is 0 Å². The highest BCUT2D eigenvalue weighted by Gasteiger charge is 2.20. The molecule has 0 aliphatic rings. The van der Waals surface area contributed by atoms with Crippen molar-refractivity contribution in [3.63, 3.8) is 0 Å². The van der Waals surface area contributed by atoms with Gasteiger partial charge in [-0.15, -0.1) is 0 Å². The van der Waals surface area contributed by atoms with Gasteiger partial charge in [-0.3, -0.25) is 9.59 Å². The molecule has 0 saturated heterocycles. The lowest BCUT2D eigenvalue weighted by molar-refractivity contribution is 0.0946. The molecule has 4 rings (SSSR count). The number of benzene rings is 2. The first-order valence-corrected chi connectivity index (χ1v) is 9.42. The third kappa shape index (κ3) is 4.05. The fourth-order valence-electron chi connectivity index (χ4n) is 3.34. The Bertz CT molecular complexity index is 1300. The Kier molecular flexibility index (Phi) is 5.53. The van der Waals surface area contributed by atoms with Gasteiger partial charge in [0.1, 0.15) is 28.7 Å². The lowest BCUT2D eigenvalue weighted by Crippen LogP contribution is -2.30. The predicted octanol–water partition coefficient (Wildman–Crippen LogP) is 3.86. The summed E-state index contributed by atoms with van der Waals surface area (Å²) in [5, 5.41) is 2.10. The maximum atomic E-state index is 14.6. The summed E-state index contributed by atoms with van der Waals surface area (Å²) in [5.41, 5.74) is -0.633. The van der Waals surface area contributed by atoms with E-state index in [0.717, 1.165) is 17.7 Å². The second kappa shape index (κ2) is 8.43. The average molecular weight is 424 g/mol. The van der Waals surface area contributed by atoms with Crippen molar-refractivity contribution in [3.05, 3.63) is 99.7 Å². The summed E-state index contributed by atoms with van der Waals surface area (Å²) in [5.74, 6) is -1.24. The predicted molar refractivity (Wildman–Crippen MR) is 110 cm³/mol. The number of nitrogens with one attached hydrogen (secondary N) is 1. The van der Waals surface area contributed by atoms with Gasteiger partial charge in [0.05, 0.1) is 30.8 Å². The van der Waals surface area contributed by atoms with Gasteiger partial charge in [-0.25, -0.2) is 8.78 Å². The maximum absolute atomic E-state index is 14.6. The number of furan rings is 1. The molecule has 0 bridgehead atoms. The average Bonchev–Trinajstić information content (AvgIpc) is 3.30. The number of carbonyl (C=O) groups is 1. The molecule has 1 amide bonds. The van der Waals surface area contributed by atoms with Crippen molar-refractivity contribution in [3.8, 4) is 5.75 Å². The van der Waals surface area contributed by atoms with E-state index < -0.39 is 28.4 Å². The molecule has 158 valence electrons. The van der Waals surface area contributed by atoms with Gasteiger partial charge < -0.3 is 19.0 Å². The van der Waals surface area contributed by atoms with Crippen molar-refractivity contribution in [1.29, 1.82) is 0 Å². The number of halogens is 2. The number of ether oxygens (including phenoxy) is 1. The monoisotopic (exact) mass is 424 g/mol. The van der Waals surface area contributed by atoms with Crippen molar-refractivity contribution in [2.24, 2.45) is 0 Å². The van der Waals surface area contributed by atoms with E-state index in [1.165, 1.54) is 24.1 Å². The molecule has 0 saturated carbocycles. The fraction of sp³-hybridized carbons (Fsp3) is 0.130. The molecule has 0 spiro atoms. The molecule has 0 radical (unpaired) electrons. The Morgan fingerprint density at radius 1 is 1.10 bits per heavy atom. The number of rotatable bonds is 6. The van der Waals surface area contributed by atoms with Crippen molar-refractivity contribution in [2.45, 2.75) is 13.1 Å². The quantitative estimate of drug-likeness (QED) is 0.510. The highest BCUT2D eigenvalue weighted by atomic mass is 19.1. The number of methoxy groups -OCH3 is 1. The maximum Gasteiger partial charge on any atom is 0.257 e. The highest BCUT2D eigenvalue weighted by Crippen LogP contribution is 2.21. The lowest BCUT2D eigenvalue weighted by atomic mass is 10.1. The minimum atomic E-state index is -0.898. The topological polar surface area (TPSA) is 73.5 Å². The zero-order valence-electron chi connectivity index (χ0n) is 16.5. The number of hydrogen-bond acceptors (Lipinski definition) is 4. The summed E-state index contributed by atoms with van der Waals surface area (Å²) in [6.45, 7) is 0.160. The van der Waals surface area contributed by atoms with Crippen LogP contribution in [0, 0.1) is 11.6 Å². The number of fused-ring (bicyclic) bond motifs is 1. The molecule has 6 nitrogen and oxygen atoms in total. The molecular formula is C23H18F2N2O4. The molecule has 2 aromatic heterocycles. The summed E-state index contributed by atoms with van der Waals surface area (Å²) >= 11 is 0. The Morgan fingerprint density at radius 3 is 2.52 bits per heavy atom. The van der Waals surface area contributed by atoms with Crippen LogP contribution in [0.4, 0.5) is 8.78 Å². The molecular weight excluding hydrogens is 406 g/mol. The normalized spacial score (nSPS) is 10.9. The number of hydrogen-bond donors (Lipinski definition) is 1. The Balaban J connectivity index is 1.79. The standard InChI is InChI=1S/C23H18F2N2O4/c1-30-15-6-4-14(5-7-15)12-27-13-17(23(29)26-11-16-3-2-10-31-16)22(28)20-18(24)8-9-19(25)21(20)27/h2-10,13H,11-12H2,1H3,(H,26,29). The van der Waals surface area contributed by atoms with Crippen LogP contribution in [0.25, 0.3) is 10.9 Å². The van der Waals surface area contributed by atoms with Crippen molar-refractivity contribution in [1.82, 2.24) is 9.88 Å². The zero-order valence-corrected chi connectivity index (χ0v) is 16.5. The molecule has 1 N–H and O–H groups in total. The van der Waals surface area contributed by atoms with Gasteiger partial charge in [0.25, 0.3) is 5.91 Å². The first kappa shape index (κ1) is 20.3. The van der Waals surface area contributed by atoms with Gasteiger partial charge in [-0.2, -0.15) is 0 Å². The minimum Gasteiger partial charge on any atom is -0.497 e. The second-order valence-electron chi connectivity index (χ2n) is 6.86. The van der Waals surface area contributed by atoms with E-state index >= 15 is 0 Å². The number of aromatic nitrogens is 1. The molecule has 0 aliphatic heterocycles. The van der Waals surface area contributed by atoms with Crippen LogP contribution in [0.1, 0.15) is 21.7 Å². The summed E-state index contributed by atoms with van der Waals surface area (Å²) in [6, 6.07) is 12.1. The second-order valence-corrected chi connectivity index (χ2v) is 6.86. The summed E-state index contributed by atoms with van der Waals surface area (Å²) in [7, 11) is 1.54. The van der Waals surface area contributed by atoms with Crippen LogP contribution >= 0.6 is 0 Å². The third-order valence-electron chi connectivity index (χ3n) is 4.88. The number of amides is 1. The Hall–Kier alpha value is -3.94. The smallest absolute Gasteiger partial charge is 0.257 e. The lowest BCUT2D eigenvalue weighted by Gasteiger charge is -2.15. The number of nitrogens with zero attached hydrogens (tertiary/aromatic N) is 1. The zero-order chi connectivity index (χ0) is 22.0. The molecule has 8 heteroatoms. The van der Waals surface area contributed by atoms with E-state index in [4.69, 9.17) is 9.15 Å². The van der Waals surface area contributed by atoms with Gasteiger partial charge >= 0.3 is 0 Å². The van der Waals surface area contributed by atoms with Gasteiger partial charge in [0.2, 0.25) is 5.43 Å². The highest BCUT2D eigenvalue weighted by molar-refractivity contribution is 5.97. The first-order chi connectivity index (χ1) is 15.0. The van der Waals surface area contributed by atoms with Crippen LogP contribution in [0.2, 0.25) is 0 Å². The van der Waals surface area contributed by atoms with E-state index in [1.54, 1.807) is 36.4 Å². The molecule has 2 aromatic carbocycles. The van der Waals surface area contributed by atoms with Crippen LogP contribution in [0.15, 0.2) is 70.2 Å². The molecule has 4 aromatic rings. The van der Waals surface area contributed by atoms with Crippen molar-refractivity contribution in [2.75, 3.05) is 7.11 Å². The first-order valence-electron chi connectivity index (χ1n) is 9.42. The van der Waals surface area contributed by atoms with Gasteiger partial charge in [-0.1, -0.05) is 12.1 Å². The SMILES string of the molecule is COc1ccc(Cn2cc(C(=O)NCc3ccco3)c(=O)c3c(F)ccc(F)c32)cc1. The van der Waals surface area contributed by atoms with Crippen LogP contribution in [-0.2, 0) is 13.1 Å². The minimum absolute atomic E-state index is 0.0490. The molecule has 0 fully saturated rings. The van der Waals surface area contributed by atoms with Crippen molar-refractivity contribution < 1.29 is 22.7 Å². The van der Waals surface area contributed by atoms with E-state index in [9.17, 15) is 18.4 Å². The Morgan fingerprint density at radius 2 is 1.84 bits per heavy atom. The van der Waals surface area contributed by atoms with Crippen LogP contribution in [-0.4, -0.2) is 17.6 Å². The van der Waals surface area contributed by atoms with Gasteiger partial charge in [-0.05, 0) is 42.0 Å². The molecule has 0 aliphatic carbocycles. The Labute approximate surface area is 175 Å².